The van der Waals surface area contributed by atoms with Crippen molar-refractivity contribution < 1.29 is 13.2 Å². The van der Waals surface area contributed by atoms with Crippen LogP contribution in [0.15, 0.2) is 47.4 Å². The first-order valence-corrected chi connectivity index (χ1v) is 11.6. The molecule has 8 heteroatoms. The van der Waals surface area contributed by atoms with Crippen molar-refractivity contribution in [3.05, 3.63) is 53.6 Å². The molecule has 0 aliphatic carbocycles. The van der Waals surface area contributed by atoms with Crippen LogP contribution in [-0.2, 0) is 21.1 Å². The third kappa shape index (κ3) is 5.08. The van der Waals surface area contributed by atoms with Crippen molar-refractivity contribution >= 4 is 42.4 Å². The molecule has 0 aliphatic rings. The minimum Gasteiger partial charge on any atom is -0.273 e. The average Bonchev–Trinajstić information content (AvgIpc) is 3.07. The first kappa shape index (κ1) is 20.3. The number of hydrazine groups is 1. The van der Waals surface area contributed by atoms with Crippen LogP contribution in [0.5, 0.6) is 0 Å². The van der Waals surface area contributed by atoms with Gasteiger partial charge in [-0.15, -0.1) is 0 Å². The lowest BCUT2D eigenvalue weighted by atomic mass is 10.1. The number of thiazole rings is 1. The van der Waals surface area contributed by atoms with E-state index in [0.717, 1.165) is 35.0 Å². The number of benzene rings is 2. The molecule has 0 saturated heterocycles. The van der Waals surface area contributed by atoms with E-state index in [1.165, 1.54) is 29.0 Å². The number of nitrogens with zero attached hydrogens (tertiary/aromatic N) is 1. The minimum atomic E-state index is -3.69. The number of rotatable bonds is 8. The first-order valence-electron chi connectivity index (χ1n) is 9.11. The summed E-state index contributed by atoms with van der Waals surface area (Å²) in [6.07, 6.45) is 3.31. The lowest BCUT2D eigenvalue weighted by molar-refractivity contribution is -0.118. The summed E-state index contributed by atoms with van der Waals surface area (Å²) in [5.74, 6) is -1.27. The van der Waals surface area contributed by atoms with Crippen LogP contribution in [0, 0.1) is 6.92 Å². The van der Waals surface area contributed by atoms with Gasteiger partial charge in [-0.25, -0.2) is 13.4 Å². The number of amides is 1. The van der Waals surface area contributed by atoms with Gasteiger partial charge in [-0.2, -0.15) is 0 Å². The van der Waals surface area contributed by atoms with E-state index in [1.54, 1.807) is 12.1 Å². The van der Waals surface area contributed by atoms with Crippen LogP contribution >= 0.6 is 11.3 Å². The molecule has 0 atom stereocenters. The van der Waals surface area contributed by atoms with Gasteiger partial charge in [-0.3, -0.25) is 15.6 Å². The monoisotopic (exact) mass is 417 g/mol. The van der Waals surface area contributed by atoms with E-state index >= 15 is 0 Å². The molecular weight excluding hydrogens is 394 g/mol. The second-order valence-corrected chi connectivity index (χ2v) is 9.69. The van der Waals surface area contributed by atoms with Crippen molar-refractivity contribution in [2.24, 2.45) is 0 Å². The zero-order chi connectivity index (χ0) is 20.1. The van der Waals surface area contributed by atoms with Crippen molar-refractivity contribution in [1.82, 2.24) is 10.4 Å². The van der Waals surface area contributed by atoms with Crippen LogP contribution in [0.2, 0.25) is 0 Å². The van der Waals surface area contributed by atoms with Crippen molar-refractivity contribution in [2.45, 2.75) is 38.0 Å². The quantitative estimate of drug-likeness (QED) is 0.543. The van der Waals surface area contributed by atoms with Crippen molar-refractivity contribution in [3.8, 4) is 0 Å². The summed E-state index contributed by atoms with van der Waals surface area (Å²) in [5, 5.41) is 0.517. The molecule has 1 heterocycles. The van der Waals surface area contributed by atoms with Crippen molar-refractivity contribution in [1.29, 1.82) is 0 Å². The van der Waals surface area contributed by atoms with Crippen LogP contribution in [-0.4, -0.2) is 25.1 Å². The van der Waals surface area contributed by atoms with Gasteiger partial charge in [0.25, 0.3) is 5.91 Å². The molecule has 28 heavy (non-hydrogen) atoms. The standard InChI is InChI=1S/C20H23N3O3S2/c1-3-4-5-15-8-11-17-18(12-15)27-20(21-17)23-22-19(24)13-28(25,26)16-9-6-14(2)7-10-16/h6-12H,3-5,13H2,1-2H3,(H,21,23)(H,22,24). The number of nitrogens with one attached hydrogen (secondary N) is 2. The topological polar surface area (TPSA) is 88.2 Å². The molecule has 0 bridgehead atoms. The number of carbonyl (C=O) groups excluding carboxylic acids is 1. The molecule has 1 aromatic heterocycles. The Bertz CT molecular complexity index is 1070. The summed E-state index contributed by atoms with van der Waals surface area (Å²) in [4.78, 5) is 16.6. The number of fused-ring (bicyclic) bond motifs is 1. The third-order valence-electron chi connectivity index (χ3n) is 4.28. The Morgan fingerprint density at radius 3 is 2.61 bits per heavy atom. The summed E-state index contributed by atoms with van der Waals surface area (Å²) in [7, 11) is -3.69. The minimum absolute atomic E-state index is 0.132. The molecule has 0 aliphatic heterocycles. The summed E-state index contributed by atoms with van der Waals surface area (Å²) >= 11 is 1.42. The van der Waals surface area contributed by atoms with E-state index in [0.29, 0.717) is 5.13 Å². The Hall–Kier alpha value is -2.45. The fourth-order valence-electron chi connectivity index (χ4n) is 2.72. The number of sulfone groups is 1. The number of hydrogen-bond donors (Lipinski definition) is 2. The van der Waals surface area contributed by atoms with Gasteiger partial charge in [0.1, 0.15) is 5.75 Å². The highest BCUT2D eigenvalue weighted by Crippen LogP contribution is 2.26. The highest BCUT2D eigenvalue weighted by molar-refractivity contribution is 7.92. The van der Waals surface area contributed by atoms with E-state index in [1.807, 2.05) is 13.0 Å². The van der Waals surface area contributed by atoms with E-state index in [2.05, 4.69) is 34.9 Å². The Kier molecular flexibility index (Phi) is 6.31. The van der Waals surface area contributed by atoms with Gasteiger partial charge in [-0.05, 0) is 49.6 Å². The summed E-state index contributed by atoms with van der Waals surface area (Å²) in [6.45, 7) is 4.03. The molecular formula is C20H23N3O3S2. The second-order valence-electron chi connectivity index (χ2n) is 6.67. The zero-order valence-electron chi connectivity index (χ0n) is 15.9. The normalized spacial score (nSPS) is 11.5. The number of hydrogen-bond acceptors (Lipinski definition) is 6. The molecule has 1 amide bonds. The van der Waals surface area contributed by atoms with Gasteiger partial charge in [-0.1, -0.05) is 48.4 Å². The van der Waals surface area contributed by atoms with Crippen LogP contribution in [0.4, 0.5) is 5.13 Å². The SMILES string of the molecule is CCCCc1ccc2nc(NNC(=O)CS(=O)(=O)c3ccc(C)cc3)sc2c1. The molecule has 6 nitrogen and oxygen atoms in total. The number of aryl methyl sites for hydroxylation is 2. The van der Waals surface area contributed by atoms with Gasteiger partial charge >= 0.3 is 0 Å². The number of carbonyl (C=O) groups is 1. The molecule has 2 aromatic carbocycles. The Morgan fingerprint density at radius 1 is 1.14 bits per heavy atom. The fourth-order valence-corrected chi connectivity index (χ4v) is 4.74. The smallest absolute Gasteiger partial charge is 0.253 e. The predicted octanol–water partition coefficient (Wildman–Crippen LogP) is 3.86. The maximum absolute atomic E-state index is 12.3. The van der Waals surface area contributed by atoms with Crippen LogP contribution in [0.25, 0.3) is 10.2 Å². The average molecular weight is 418 g/mol. The molecule has 0 fully saturated rings. The Balaban J connectivity index is 1.61. The Morgan fingerprint density at radius 2 is 1.89 bits per heavy atom. The van der Waals surface area contributed by atoms with E-state index in [9.17, 15) is 13.2 Å². The van der Waals surface area contributed by atoms with Crippen LogP contribution in [0.3, 0.4) is 0 Å². The summed E-state index contributed by atoms with van der Waals surface area (Å²) < 4.78 is 25.7. The highest BCUT2D eigenvalue weighted by Gasteiger charge is 2.19. The van der Waals surface area contributed by atoms with Gasteiger partial charge in [0, 0.05) is 0 Å². The molecule has 0 spiro atoms. The first-order chi connectivity index (χ1) is 13.4. The predicted molar refractivity (Wildman–Crippen MR) is 113 cm³/mol. The van der Waals surface area contributed by atoms with Crippen LogP contribution < -0.4 is 10.9 Å². The summed E-state index contributed by atoms with van der Waals surface area (Å²) in [5.41, 5.74) is 8.21. The molecule has 148 valence electrons. The largest absolute Gasteiger partial charge is 0.273 e. The maximum atomic E-state index is 12.3. The third-order valence-corrected chi connectivity index (χ3v) is 6.85. The zero-order valence-corrected chi connectivity index (χ0v) is 17.5. The van der Waals surface area contributed by atoms with Gasteiger partial charge < -0.3 is 0 Å². The maximum Gasteiger partial charge on any atom is 0.253 e. The van der Waals surface area contributed by atoms with E-state index < -0.39 is 21.5 Å². The molecule has 3 aromatic rings. The highest BCUT2D eigenvalue weighted by atomic mass is 32.2. The Labute approximate surface area is 168 Å². The molecule has 2 N–H and O–H groups in total. The molecule has 3 rings (SSSR count). The van der Waals surface area contributed by atoms with Crippen molar-refractivity contribution in [2.75, 3.05) is 11.2 Å². The van der Waals surface area contributed by atoms with Gasteiger partial charge in [0.2, 0.25) is 5.13 Å². The lowest BCUT2D eigenvalue weighted by Gasteiger charge is -2.07. The number of unbranched alkanes of at least 4 members (excludes halogenated alkanes) is 1. The molecule has 0 radical (unpaired) electrons. The van der Waals surface area contributed by atoms with E-state index in [4.69, 9.17) is 0 Å². The number of aromatic nitrogens is 1. The lowest BCUT2D eigenvalue weighted by Crippen LogP contribution is -2.34. The summed E-state index contributed by atoms with van der Waals surface area (Å²) in [6, 6.07) is 12.6. The molecule has 0 saturated carbocycles. The second kappa shape index (κ2) is 8.70. The van der Waals surface area contributed by atoms with Gasteiger partial charge in [0.05, 0.1) is 15.1 Å². The number of anilines is 1. The fraction of sp³-hybridized carbons (Fsp3) is 0.300. The van der Waals surface area contributed by atoms with Gasteiger partial charge in [0.15, 0.2) is 9.84 Å². The van der Waals surface area contributed by atoms with Crippen molar-refractivity contribution in [3.63, 3.8) is 0 Å². The van der Waals surface area contributed by atoms with E-state index in [-0.39, 0.29) is 4.90 Å². The molecule has 0 unspecified atom stereocenters. The van der Waals surface area contributed by atoms with Crippen LogP contribution in [0.1, 0.15) is 30.9 Å².